The number of rotatable bonds is 4. The van der Waals surface area contributed by atoms with Gasteiger partial charge in [-0.2, -0.15) is 0 Å². The SMILES string of the molecule is CC1CC2C(=O)N([C@@H](CO)Cc3ccccc3)C(=O)C2C1. The van der Waals surface area contributed by atoms with Crippen LogP contribution in [0.4, 0.5) is 0 Å². The molecule has 1 heterocycles. The molecule has 3 atom stereocenters. The van der Waals surface area contributed by atoms with Crippen molar-refractivity contribution in [1.82, 2.24) is 4.90 Å². The van der Waals surface area contributed by atoms with Crippen LogP contribution in [-0.2, 0) is 16.0 Å². The lowest BCUT2D eigenvalue weighted by Gasteiger charge is -2.26. The maximum atomic E-state index is 12.5. The Labute approximate surface area is 124 Å². The Morgan fingerprint density at radius 3 is 2.24 bits per heavy atom. The van der Waals surface area contributed by atoms with Gasteiger partial charge in [0.2, 0.25) is 11.8 Å². The van der Waals surface area contributed by atoms with E-state index in [0.717, 1.165) is 18.4 Å². The van der Waals surface area contributed by atoms with Crippen LogP contribution in [-0.4, -0.2) is 34.5 Å². The molecule has 1 N–H and O–H groups in total. The first-order valence-electron chi connectivity index (χ1n) is 7.63. The molecule has 1 aromatic carbocycles. The fourth-order valence-electron chi connectivity index (χ4n) is 3.79. The second kappa shape index (κ2) is 5.60. The van der Waals surface area contributed by atoms with E-state index in [1.165, 1.54) is 4.90 Å². The van der Waals surface area contributed by atoms with Crippen molar-refractivity contribution in [3.8, 4) is 0 Å². The highest BCUT2D eigenvalue weighted by Gasteiger charge is 2.53. The third-order valence-corrected chi connectivity index (χ3v) is 4.80. The molecule has 1 saturated carbocycles. The van der Waals surface area contributed by atoms with Crippen LogP contribution in [0.25, 0.3) is 0 Å². The van der Waals surface area contributed by atoms with Crippen molar-refractivity contribution in [1.29, 1.82) is 0 Å². The van der Waals surface area contributed by atoms with Gasteiger partial charge in [0.25, 0.3) is 0 Å². The van der Waals surface area contributed by atoms with Gasteiger partial charge in [-0.1, -0.05) is 37.3 Å². The highest BCUT2D eigenvalue weighted by Crippen LogP contribution is 2.43. The van der Waals surface area contributed by atoms with Crippen molar-refractivity contribution in [2.24, 2.45) is 17.8 Å². The fraction of sp³-hybridized carbons (Fsp3) is 0.529. The van der Waals surface area contributed by atoms with Gasteiger partial charge in [-0.05, 0) is 30.7 Å². The number of benzene rings is 1. The summed E-state index contributed by atoms with van der Waals surface area (Å²) in [4.78, 5) is 26.4. The second-order valence-electron chi connectivity index (χ2n) is 6.36. The lowest BCUT2D eigenvalue weighted by atomic mass is 10.00. The third kappa shape index (κ3) is 2.48. The second-order valence-corrected chi connectivity index (χ2v) is 6.36. The van der Waals surface area contributed by atoms with Gasteiger partial charge in [-0.15, -0.1) is 0 Å². The minimum Gasteiger partial charge on any atom is -0.394 e. The molecule has 0 spiro atoms. The van der Waals surface area contributed by atoms with Crippen LogP contribution in [0.3, 0.4) is 0 Å². The predicted octanol–water partition coefficient (Wildman–Crippen LogP) is 1.62. The number of aliphatic hydroxyl groups is 1. The predicted molar refractivity (Wildman–Crippen MR) is 78.3 cm³/mol. The molecule has 1 saturated heterocycles. The van der Waals surface area contributed by atoms with Crippen LogP contribution in [0.5, 0.6) is 0 Å². The van der Waals surface area contributed by atoms with Crippen LogP contribution in [0, 0.1) is 17.8 Å². The van der Waals surface area contributed by atoms with Gasteiger partial charge < -0.3 is 5.11 Å². The number of aliphatic hydroxyl groups excluding tert-OH is 1. The molecule has 112 valence electrons. The van der Waals surface area contributed by atoms with Gasteiger partial charge in [0.05, 0.1) is 24.5 Å². The molecule has 1 aliphatic heterocycles. The van der Waals surface area contributed by atoms with Crippen molar-refractivity contribution in [2.75, 3.05) is 6.61 Å². The molecule has 2 fully saturated rings. The van der Waals surface area contributed by atoms with E-state index in [-0.39, 0.29) is 30.3 Å². The van der Waals surface area contributed by atoms with Gasteiger partial charge in [-0.3, -0.25) is 14.5 Å². The molecule has 1 aliphatic carbocycles. The average molecular weight is 287 g/mol. The number of carbonyl (C=O) groups is 2. The van der Waals surface area contributed by atoms with Crippen LogP contribution in [0.15, 0.2) is 30.3 Å². The first-order valence-corrected chi connectivity index (χ1v) is 7.63. The molecular weight excluding hydrogens is 266 g/mol. The molecule has 2 amide bonds. The Kier molecular flexibility index (Phi) is 3.81. The number of hydrogen-bond acceptors (Lipinski definition) is 3. The lowest BCUT2D eigenvalue weighted by Crippen LogP contribution is -2.44. The zero-order valence-electron chi connectivity index (χ0n) is 12.2. The first kappa shape index (κ1) is 14.3. The van der Waals surface area contributed by atoms with E-state index in [4.69, 9.17) is 0 Å². The summed E-state index contributed by atoms with van der Waals surface area (Å²) in [6, 6.07) is 9.25. The largest absolute Gasteiger partial charge is 0.394 e. The number of imide groups is 1. The normalized spacial score (nSPS) is 29.8. The van der Waals surface area contributed by atoms with Crippen molar-refractivity contribution in [3.63, 3.8) is 0 Å². The molecule has 0 aromatic heterocycles. The van der Waals surface area contributed by atoms with E-state index < -0.39 is 6.04 Å². The monoisotopic (exact) mass is 287 g/mol. The van der Waals surface area contributed by atoms with E-state index in [1.807, 2.05) is 30.3 Å². The molecule has 0 bridgehead atoms. The fourth-order valence-corrected chi connectivity index (χ4v) is 3.79. The summed E-state index contributed by atoms with van der Waals surface area (Å²) in [5.74, 6) is -0.0277. The smallest absolute Gasteiger partial charge is 0.233 e. The number of nitrogens with zero attached hydrogens (tertiary/aromatic N) is 1. The maximum Gasteiger partial charge on any atom is 0.233 e. The van der Waals surface area contributed by atoms with Crippen LogP contribution in [0.2, 0.25) is 0 Å². The van der Waals surface area contributed by atoms with Crippen LogP contribution < -0.4 is 0 Å². The topological polar surface area (TPSA) is 57.6 Å². The van der Waals surface area contributed by atoms with Crippen molar-refractivity contribution in [2.45, 2.75) is 32.2 Å². The van der Waals surface area contributed by atoms with Crippen molar-refractivity contribution >= 4 is 11.8 Å². The number of fused-ring (bicyclic) bond motifs is 1. The molecule has 0 radical (unpaired) electrons. The Hall–Kier alpha value is -1.68. The van der Waals surface area contributed by atoms with E-state index in [9.17, 15) is 14.7 Å². The zero-order valence-corrected chi connectivity index (χ0v) is 12.2. The lowest BCUT2D eigenvalue weighted by molar-refractivity contribution is -0.144. The molecule has 2 aliphatic rings. The summed E-state index contributed by atoms with van der Waals surface area (Å²) in [6.07, 6.45) is 2.12. The summed E-state index contributed by atoms with van der Waals surface area (Å²) in [5.41, 5.74) is 1.03. The van der Waals surface area contributed by atoms with Gasteiger partial charge in [0.15, 0.2) is 0 Å². The van der Waals surface area contributed by atoms with Gasteiger partial charge in [-0.25, -0.2) is 0 Å². The third-order valence-electron chi connectivity index (χ3n) is 4.80. The molecule has 1 aromatic rings. The molecule has 21 heavy (non-hydrogen) atoms. The maximum absolute atomic E-state index is 12.5. The average Bonchev–Trinajstić information content (AvgIpc) is 2.97. The van der Waals surface area contributed by atoms with E-state index in [2.05, 4.69) is 6.92 Å². The summed E-state index contributed by atoms with van der Waals surface area (Å²) in [7, 11) is 0. The van der Waals surface area contributed by atoms with Crippen molar-refractivity contribution < 1.29 is 14.7 Å². The van der Waals surface area contributed by atoms with Gasteiger partial charge in [0.1, 0.15) is 0 Å². The Morgan fingerprint density at radius 1 is 1.14 bits per heavy atom. The number of hydrogen-bond donors (Lipinski definition) is 1. The highest BCUT2D eigenvalue weighted by molar-refractivity contribution is 6.05. The minimum atomic E-state index is -0.437. The molecule has 4 heteroatoms. The molecule has 2 unspecified atom stereocenters. The Balaban J connectivity index is 1.79. The Bertz CT molecular complexity index is 518. The van der Waals surface area contributed by atoms with Gasteiger partial charge >= 0.3 is 0 Å². The quantitative estimate of drug-likeness (QED) is 0.856. The van der Waals surface area contributed by atoms with E-state index in [0.29, 0.717) is 12.3 Å². The first-order chi connectivity index (χ1) is 10.1. The van der Waals surface area contributed by atoms with Crippen LogP contribution >= 0.6 is 0 Å². The minimum absolute atomic E-state index is 0.0793. The van der Waals surface area contributed by atoms with Crippen molar-refractivity contribution in [3.05, 3.63) is 35.9 Å². The molecular formula is C17H21NO3. The van der Waals surface area contributed by atoms with E-state index in [1.54, 1.807) is 0 Å². The summed E-state index contributed by atoms with van der Waals surface area (Å²) < 4.78 is 0. The zero-order chi connectivity index (χ0) is 15.0. The van der Waals surface area contributed by atoms with Gasteiger partial charge in [0, 0.05) is 0 Å². The summed E-state index contributed by atoms with van der Waals surface area (Å²) in [5, 5.41) is 9.65. The molecule has 3 rings (SSSR count). The number of likely N-dealkylation sites (tertiary alicyclic amines) is 1. The Morgan fingerprint density at radius 2 is 1.71 bits per heavy atom. The molecule has 4 nitrogen and oxygen atoms in total. The van der Waals surface area contributed by atoms with Crippen LogP contribution in [0.1, 0.15) is 25.3 Å². The number of amides is 2. The number of carbonyl (C=O) groups excluding carboxylic acids is 2. The highest BCUT2D eigenvalue weighted by atomic mass is 16.3. The summed E-state index contributed by atoms with van der Waals surface area (Å²) >= 11 is 0. The summed E-state index contributed by atoms with van der Waals surface area (Å²) in [6.45, 7) is 1.91. The van der Waals surface area contributed by atoms with E-state index >= 15 is 0 Å². The standard InChI is InChI=1S/C17H21NO3/c1-11-7-14-15(8-11)17(21)18(16(14)20)13(10-19)9-12-5-3-2-4-6-12/h2-6,11,13-15,19H,7-10H2,1H3/t11?,13-,14?,15?/m1/s1.